The van der Waals surface area contributed by atoms with Crippen LogP contribution in [-0.4, -0.2) is 19.1 Å². The van der Waals surface area contributed by atoms with Crippen molar-refractivity contribution in [2.24, 2.45) is 5.92 Å². The average molecular weight is 298 g/mol. The first-order valence-corrected chi connectivity index (χ1v) is 7.33. The van der Waals surface area contributed by atoms with Crippen LogP contribution in [0.3, 0.4) is 0 Å². The fourth-order valence-corrected chi connectivity index (χ4v) is 2.11. The van der Waals surface area contributed by atoms with Crippen LogP contribution in [0, 0.1) is 5.92 Å². The summed E-state index contributed by atoms with van der Waals surface area (Å²) in [5.74, 6) is 1.73. The van der Waals surface area contributed by atoms with Crippen molar-refractivity contribution in [3.8, 4) is 11.5 Å². The molecule has 1 aliphatic rings. The molecule has 0 bridgehead atoms. The van der Waals surface area contributed by atoms with Crippen molar-refractivity contribution in [1.82, 2.24) is 0 Å². The van der Waals surface area contributed by atoms with Crippen molar-refractivity contribution >= 4 is 23.2 Å². The Labute approximate surface area is 124 Å². The Balaban J connectivity index is 2.08. The van der Waals surface area contributed by atoms with E-state index in [9.17, 15) is 4.79 Å². The highest BCUT2D eigenvalue weighted by Gasteiger charge is 2.15. The number of halogens is 1. The molecule has 110 valence electrons. The maximum atomic E-state index is 11.9. The lowest BCUT2D eigenvalue weighted by atomic mass is 10.1. The second-order valence-electron chi connectivity index (χ2n) is 5.31. The first-order valence-electron chi connectivity index (χ1n) is 6.95. The monoisotopic (exact) mass is 297 g/mol. The van der Waals surface area contributed by atoms with E-state index in [0.717, 1.165) is 12.8 Å². The van der Waals surface area contributed by atoms with Gasteiger partial charge in [0.15, 0.2) is 11.5 Å². The van der Waals surface area contributed by atoms with E-state index in [1.807, 2.05) is 0 Å². The lowest BCUT2D eigenvalue weighted by molar-refractivity contribution is -0.116. The molecule has 1 aliphatic heterocycles. The van der Waals surface area contributed by atoms with Crippen LogP contribution >= 0.6 is 11.6 Å². The van der Waals surface area contributed by atoms with Crippen molar-refractivity contribution in [3.63, 3.8) is 0 Å². The smallest absolute Gasteiger partial charge is 0.224 e. The van der Waals surface area contributed by atoms with Gasteiger partial charge in [-0.25, -0.2) is 0 Å². The summed E-state index contributed by atoms with van der Waals surface area (Å²) in [6, 6.07) is 3.43. The Bertz CT molecular complexity index is 488. The molecular weight excluding hydrogens is 278 g/mol. The summed E-state index contributed by atoms with van der Waals surface area (Å²) >= 11 is 6.17. The number of nitrogens with one attached hydrogen (secondary N) is 1. The molecule has 0 aliphatic carbocycles. The van der Waals surface area contributed by atoms with E-state index < -0.39 is 0 Å². The number of rotatable bonds is 4. The molecule has 2 rings (SSSR count). The third-order valence-electron chi connectivity index (χ3n) is 3.06. The van der Waals surface area contributed by atoms with Gasteiger partial charge in [0.1, 0.15) is 0 Å². The molecule has 0 spiro atoms. The maximum Gasteiger partial charge on any atom is 0.224 e. The van der Waals surface area contributed by atoms with Crippen molar-refractivity contribution in [2.75, 3.05) is 18.5 Å². The minimum absolute atomic E-state index is 0.0323. The number of carbonyl (C=O) groups is 1. The molecule has 0 atom stereocenters. The molecule has 0 saturated heterocycles. The van der Waals surface area contributed by atoms with Crippen molar-refractivity contribution < 1.29 is 14.3 Å². The van der Waals surface area contributed by atoms with E-state index >= 15 is 0 Å². The van der Waals surface area contributed by atoms with Crippen molar-refractivity contribution in [2.45, 2.75) is 33.1 Å². The van der Waals surface area contributed by atoms with Crippen LogP contribution in [0.1, 0.15) is 33.1 Å². The van der Waals surface area contributed by atoms with E-state index in [0.29, 0.717) is 47.8 Å². The van der Waals surface area contributed by atoms with Gasteiger partial charge in [-0.15, -0.1) is 0 Å². The number of benzene rings is 1. The summed E-state index contributed by atoms with van der Waals surface area (Å²) in [5.41, 5.74) is 0.574. The minimum Gasteiger partial charge on any atom is -0.490 e. The van der Waals surface area contributed by atoms with Gasteiger partial charge in [0.2, 0.25) is 5.91 Å². The number of ether oxygens (including phenoxy) is 2. The SMILES string of the molecule is CC(C)CCC(=O)Nc1cc2c(cc1Cl)OCCCO2. The van der Waals surface area contributed by atoms with Gasteiger partial charge in [-0.05, 0) is 12.3 Å². The highest BCUT2D eigenvalue weighted by molar-refractivity contribution is 6.34. The van der Waals surface area contributed by atoms with Crippen LogP contribution in [-0.2, 0) is 4.79 Å². The van der Waals surface area contributed by atoms with E-state index in [-0.39, 0.29) is 5.91 Å². The molecule has 0 unspecified atom stereocenters. The zero-order valence-corrected chi connectivity index (χ0v) is 12.6. The van der Waals surface area contributed by atoms with Gasteiger partial charge in [-0.2, -0.15) is 0 Å². The average Bonchev–Trinajstić information content (AvgIpc) is 2.62. The zero-order chi connectivity index (χ0) is 14.5. The van der Waals surface area contributed by atoms with Crippen LogP contribution in [0.25, 0.3) is 0 Å². The fourth-order valence-electron chi connectivity index (χ4n) is 1.91. The summed E-state index contributed by atoms with van der Waals surface area (Å²) in [4.78, 5) is 11.9. The molecule has 0 saturated carbocycles. The molecule has 0 fully saturated rings. The van der Waals surface area contributed by atoms with Gasteiger partial charge in [0.05, 0.1) is 23.9 Å². The molecule has 0 radical (unpaired) electrons. The predicted molar refractivity (Wildman–Crippen MR) is 79.8 cm³/mol. The summed E-state index contributed by atoms with van der Waals surface area (Å²) in [6.07, 6.45) is 2.18. The van der Waals surface area contributed by atoms with Gasteiger partial charge in [-0.1, -0.05) is 25.4 Å². The number of anilines is 1. The number of amides is 1. The van der Waals surface area contributed by atoms with E-state index in [4.69, 9.17) is 21.1 Å². The summed E-state index contributed by atoms with van der Waals surface area (Å²) < 4.78 is 11.1. The third-order valence-corrected chi connectivity index (χ3v) is 3.37. The quantitative estimate of drug-likeness (QED) is 0.917. The Morgan fingerprint density at radius 3 is 2.60 bits per heavy atom. The lowest BCUT2D eigenvalue weighted by Crippen LogP contribution is -2.12. The molecule has 1 amide bonds. The molecule has 1 N–H and O–H groups in total. The third kappa shape index (κ3) is 4.04. The standard InChI is InChI=1S/C15H20ClNO3/c1-10(2)4-5-15(18)17-12-9-14-13(8-11(12)16)19-6-3-7-20-14/h8-10H,3-7H2,1-2H3,(H,17,18). The van der Waals surface area contributed by atoms with Crippen LogP contribution in [0.4, 0.5) is 5.69 Å². The molecule has 4 nitrogen and oxygen atoms in total. The van der Waals surface area contributed by atoms with Gasteiger partial charge in [-0.3, -0.25) is 4.79 Å². The van der Waals surface area contributed by atoms with Crippen LogP contribution in [0.15, 0.2) is 12.1 Å². The molecule has 0 aromatic heterocycles. The second-order valence-corrected chi connectivity index (χ2v) is 5.72. The number of fused-ring (bicyclic) bond motifs is 1. The highest BCUT2D eigenvalue weighted by atomic mass is 35.5. The normalized spacial score (nSPS) is 14.0. The summed E-state index contributed by atoms with van der Waals surface area (Å²) in [7, 11) is 0. The second kappa shape index (κ2) is 6.84. The lowest BCUT2D eigenvalue weighted by Gasteiger charge is -2.12. The van der Waals surface area contributed by atoms with Crippen LogP contribution < -0.4 is 14.8 Å². The summed E-state index contributed by atoms with van der Waals surface area (Å²) in [6.45, 7) is 5.40. The number of hydrogen-bond donors (Lipinski definition) is 1. The summed E-state index contributed by atoms with van der Waals surface area (Å²) in [5, 5.41) is 3.29. The fraction of sp³-hybridized carbons (Fsp3) is 0.533. The van der Waals surface area contributed by atoms with Crippen LogP contribution in [0.2, 0.25) is 5.02 Å². The zero-order valence-electron chi connectivity index (χ0n) is 11.9. The Morgan fingerprint density at radius 1 is 1.30 bits per heavy atom. The Morgan fingerprint density at radius 2 is 1.95 bits per heavy atom. The first-order chi connectivity index (χ1) is 9.56. The first kappa shape index (κ1) is 15.0. The minimum atomic E-state index is -0.0323. The van der Waals surface area contributed by atoms with Gasteiger partial charge in [0, 0.05) is 25.0 Å². The largest absolute Gasteiger partial charge is 0.490 e. The predicted octanol–water partition coefficient (Wildman–Crippen LogP) is 3.88. The van der Waals surface area contributed by atoms with Crippen LogP contribution in [0.5, 0.6) is 11.5 Å². The van der Waals surface area contributed by atoms with Crippen molar-refractivity contribution in [1.29, 1.82) is 0 Å². The topological polar surface area (TPSA) is 47.6 Å². The van der Waals surface area contributed by atoms with Gasteiger partial charge < -0.3 is 14.8 Å². The van der Waals surface area contributed by atoms with E-state index in [1.54, 1.807) is 12.1 Å². The number of carbonyl (C=O) groups excluding carboxylic acids is 1. The molecule has 1 heterocycles. The van der Waals surface area contributed by atoms with Crippen molar-refractivity contribution in [3.05, 3.63) is 17.2 Å². The Hall–Kier alpha value is -1.42. The molecule has 1 aromatic carbocycles. The maximum absolute atomic E-state index is 11.9. The van der Waals surface area contributed by atoms with E-state index in [2.05, 4.69) is 19.2 Å². The Kier molecular flexibility index (Phi) is 5.12. The molecule has 1 aromatic rings. The highest BCUT2D eigenvalue weighted by Crippen LogP contribution is 2.37. The number of hydrogen-bond acceptors (Lipinski definition) is 3. The van der Waals surface area contributed by atoms with Gasteiger partial charge in [0.25, 0.3) is 0 Å². The molecule has 5 heteroatoms. The molecular formula is C15H20ClNO3. The van der Waals surface area contributed by atoms with E-state index in [1.165, 1.54) is 0 Å². The van der Waals surface area contributed by atoms with Gasteiger partial charge >= 0.3 is 0 Å². The molecule has 20 heavy (non-hydrogen) atoms.